The van der Waals surface area contributed by atoms with Crippen LogP contribution in [0.2, 0.25) is 0 Å². The second-order valence-corrected chi connectivity index (χ2v) is 7.24. The summed E-state index contributed by atoms with van der Waals surface area (Å²) in [5.41, 5.74) is -0.0329. The van der Waals surface area contributed by atoms with Crippen molar-refractivity contribution in [2.24, 2.45) is 0 Å². The topological polar surface area (TPSA) is 66.1 Å². The van der Waals surface area contributed by atoms with Gasteiger partial charge in [0.15, 0.2) is 0 Å². The van der Waals surface area contributed by atoms with Crippen LogP contribution < -0.4 is 15.0 Å². The van der Waals surface area contributed by atoms with Gasteiger partial charge in [0.2, 0.25) is 0 Å². The fourth-order valence-corrected chi connectivity index (χ4v) is 3.45. The predicted octanol–water partition coefficient (Wildman–Crippen LogP) is 4.85. The molecule has 29 heavy (non-hydrogen) atoms. The first-order chi connectivity index (χ1) is 14.0. The Hall–Kier alpha value is -2.87. The maximum atomic E-state index is 12.7. The minimum Gasteiger partial charge on any atom is -0.420 e. The summed E-state index contributed by atoms with van der Waals surface area (Å²) >= 11 is 4.78. The molecular formula is C20H20ClF2N5O. The number of H-pyrrole nitrogens is 1. The Morgan fingerprint density at radius 3 is 2.59 bits per heavy atom. The van der Waals surface area contributed by atoms with Crippen molar-refractivity contribution >= 4 is 23.1 Å². The summed E-state index contributed by atoms with van der Waals surface area (Å²) in [6.45, 7) is 2.53. The van der Waals surface area contributed by atoms with Gasteiger partial charge in [0.1, 0.15) is 11.6 Å². The van der Waals surface area contributed by atoms with E-state index in [-0.39, 0.29) is 5.75 Å². The molecule has 9 heteroatoms. The van der Waals surface area contributed by atoms with Crippen LogP contribution in [0.4, 0.5) is 20.3 Å². The van der Waals surface area contributed by atoms with E-state index >= 15 is 0 Å². The molecule has 0 saturated carbocycles. The van der Waals surface area contributed by atoms with Crippen LogP contribution in [-0.4, -0.2) is 33.8 Å². The quantitative estimate of drug-likeness (QED) is 0.536. The van der Waals surface area contributed by atoms with Crippen LogP contribution in [0.25, 0.3) is 11.3 Å². The summed E-state index contributed by atoms with van der Waals surface area (Å²) in [4.78, 5) is 6.99. The van der Waals surface area contributed by atoms with Crippen molar-refractivity contribution in [1.82, 2.24) is 15.2 Å². The van der Waals surface area contributed by atoms with E-state index in [0.717, 1.165) is 41.4 Å². The number of nitrogens with zero attached hydrogens (tertiary/aromatic N) is 3. The summed E-state index contributed by atoms with van der Waals surface area (Å²) in [6, 6.07) is 10.2. The van der Waals surface area contributed by atoms with E-state index in [4.69, 9.17) is 16.6 Å². The van der Waals surface area contributed by atoms with Crippen LogP contribution in [-0.2, 0) is 6.54 Å². The number of aromatic nitrogens is 3. The third-order valence-electron chi connectivity index (χ3n) is 4.70. The highest BCUT2D eigenvalue weighted by Gasteiger charge is 2.27. The van der Waals surface area contributed by atoms with E-state index in [1.54, 1.807) is 18.3 Å². The first kappa shape index (κ1) is 19.4. The number of halogens is 3. The average Bonchev–Trinajstić information content (AvgIpc) is 3.40. The normalized spacial score (nSPS) is 14.2. The summed E-state index contributed by atoms with van der Waals surface area (Å²) in [5.74, 6) is 0.952. The molecule has 6 nitrogen and oxygen atoms in total. The molecule has 1 saturated heterocycles. The monoisotopic (exact) mass is 419 g/mol. The molecule has 0 bridgehead atoms. The van der Waals surface area contributed by atoms with Crippen LogP contribution in [0.15, 0.2) is 48.8 Å². The van der Waals surface area contributed by atoms with Gasteiger partial charge in [-0.05, 0) is 54.8 Å². The summed E-state index contributed by atoms with van der Waals surface area (Å²) in [6.07, 6.45) is 5.92. The van der Waals surface area contributed by atoms with Gasteiger partial charge < -0.3 is 15.0 Å². The van der Waals surface area contributed by atoms with Crippen molar-refractivity contribution in [3.05, 3.63) is 54.4 Å². The van der Waals surface area contributed by atoms with Gasteiger partial charge in [-0.25, -0.2) is 4.98 Å². The maximum absolute atomic E-state index is 12.7. The van der Waals surface area contributed by atoms with Crippen molar-refractivity contribution in [1.29, 1.82) is 0 Å². The number of rotatable bonds is 7. The van der Waals surface area contributed by atoms with Crippen LogP contribution in [0, 0.1) is 0 Å². The zero-order chi connectivity index (χ0) is 20.3. The lowest BCUT2D eigenvalue weighted by Crippen LogP contribution is -2.20. The molecule has 0 radical (unpaired) electrons. The zero-order valence-electron chi connectivity index (χ0n) is 15.5. The Labute approximate surface area is 171 Å². The van der Waals surface area contributed by atoms with E-state index < -0.39 is 5.57 Å². The molecule has 0 atom stereocenters. The van der Waals surface area contributed by atoms with Crippen molar-refractivity contribution in [2.75, 3.05) is 23.3 Å². The first-order valence-electron chi connectivity index (χ1n) is 9.31. The van der Waals surface area contributed by atoms with Crippen LogP contribution >= 0.6 is 11.6 Å². The predicted molar refractivity (Wildman–Crippen MR) is 108 cm³/mol. The van der Waals surface area contributed by atoms with Gasteiger partial charge in [0.25, 0.3) is 0 Å². The molecule has 1 aliphatic heterocycles. The Morgan fingerprint density at radius 2 is 1.93 bits per heavy atom. The highest BCUT2D eigenvalue weighted by atomic mass is 35.5. The standard InChI is InChI=1S/C20H20ClF2N5O/c21-20(22,23)29-16-5-3-15(4-6-16)24-12-14-11-17(18-7-8-26-27-18)19(25-13-14)28-9-1-2-10-28/h3-8,11,13,24H,1-2,9-10,12H2,(H,26,27). The first-order valence-corrected chi connectivity index (χ1v) is 9.69. The molecular weight excluding hydrogens is 400 g/mol. The number of anilines is 2. The van der Waals surface area contributed by atoms with E-state index in [0.29, 0.717) is 6.54 Å². The number of alkyl halides is 3. The summed E-state index contributed by atoms with van der Waals surface area (Å²) in [7, 11) is 0. The Bertz CT molecular complexity index is 939. The number of ether oxygens (including phenoxy) is 1. The fourth-order valence-electron chi connectivity index (χ4n) is 3.36. The molecule has 2 N–H and O–H groups in total. The Kier molecular flexibility index (Phi) is 5.53. The van der Waals surface area contributed by atoms with Crippen LogP contribution in [0.1, 0.15) is 18.4 Å². The number of hydrogen-bond donors (Lipinski definition) is 2. The maximum Gasteiger partial charge on any atom is 0.487 e. The average molecular weight is 420 g/mol. The molecule has 1 fully saturated rings. The molecule has 2 aromatic heterocycles. The second kappa shape index (κ2) is 8.24. The van der Waals surface area contributed by atoms with Crippen molar-refractivity contribution in [3.8, 4) is 17.0 Å². The lowest BCUT2D eigenvalue weighted by molar-refractivity contribution is -0.0964. The molecule has 152 valence electrons. The second-order valence-electron chi connectivity index (χ2n) is 6.80. The zero-order valence-corrected chi connectivity index (χ0v) is 16.3. The highest BCUT2D eigenvalue weighted by Crippen LogP contribution is 2.31. The lowest BCUT2D eigenvalue weighted by Gasteiger charge is -2.20. The van der Waals surface area contributed by atoms with Crippen LogP contribution in [0.3, 0.4) is 0 Å². The molecule has 3 heterocycles. The van der Waals surface area contributed by atoms with Crippen molar-refractivity contribution in [2.45, 2.75) is 25.0 Å². The number of benzene rings is 1. The van der Waals surface area contributed by atoms with E-state index in [1.807, 2.05) is 12.3 Å². The van der Waals surface area contributed by atoms with Gasteiger partial charge in [-0.15, -0.1) is 8.78 Å². The third-order valence-corrected chi connectivity index (χ3v) is 4.78. The van der Waals surface area contributed by atoms with E-state index in [1.165, 1.54) is 25.0 Å². The largest absolute Gasteiger partial charge is 0.487 e. The minimum atomic E-state index is -3.72. The van der Waals surface area contributed by atoms with Gasteiger partial charge in [0.05, 0.1) is 5.69 Å². The SMILES string of the molecule is FC(F)(Cl)Oc1ccc(NCc2cnc(N3CCCC3)c(-c3ccn[nH]3)c2)cc1. The molecule has 0 unspecified atom stereocenters. The van der Waals surface area contributed by atoms with Gasteiger partial charge >= 0.3 is 5.57 Å². The number of nitrogens with one attached hydrogen (secondary N) is 2. The molecule has 4 rings (SSSR count). The molecule has 0 aliphatic carbocycles. The highest BCUT2D eigenvalue weighted by molar-refractivity contribution is 6.20. The fraction of sp³-hybridized carbons (Fsp3) is 0.300. The van der Waals surface area contributed by atoms with Gasteiger partial charge in [-0.3, -0.25) is 5.10 Å². The molecule has 1 aromatic carbocycles. The third kappa shape index (κ3) is 4.95. The molecule has 0 amide bonds. The molecule has 0 spiro atoms. The van der Waals surface area contributed by atoms with Gasteiger partial charge in [0, 0.05) is 54.9 Å². The number of aromatic amines is 1. The van der Waals surface area contributed by atoms with E-state index in [2.05, 4.69) is 31.2 Å². The lowest BCUT2D eigenvalue weighted by atomic mass is 10.1. The van der Waals surface area contributed by atoms with E-state index in [9.17, 15) is 8.78 Å². The van der Waals surface area contributed by atoms with Gasteiger partial charge in [-0.1, -0.05) is 0 Å². The Morgan fingerprint density at radius 1 is 1.17 bits per heavy atom. The van der Waals surface area contributed by atoms with Crippen LogP contribution in [0.5, 0.6) is 5.75 Å². The van der Waals surface area contributed by atoms with Crippen molar-refractivity contribution in [3.63, 3.8) is 0 Å². The number of hydrogen-bond acceptors (Lipinski definition) is 5. The number of pyridine rings is 1. The van der Waals surface area contributed by atoms with Gasteiger partial charge in [-0.2, -0.15) is 5.10 Å². The van der Waals surface area contributed by atoms with Crippen molar-refractivity contribution < 1.29 is 13.5 Å². The molecule has 1 aliphatic rings. The summed E-state index contributed by atoms with van der Waals surface area (Å²) in [5, 5.41) is 10.3. The molecule has 3 aromatic rings. The smallest absolute Gasteiger partial charge is 0.420 e. The minimum absolute atomic E-state index is 0.00582. The Balaban J connectivity index is 1.48. The summed E-state index contributed by atoms with van der Waals surface area (Å²) < 4.78 is 29.7.